The Morgan fingerprint density at radius 2 is 2.18 bits per heavy atom. The maximum atomic E-state index is 12.3. The van der Waals surface area contributed by atoms with E-state index in [1.165, 1.54) is 32.1 Å². The van der Waals surface area contributed by atoms with E-state index in [2.05, 4.69) is 10.3 Å². The molecule has 5 nitrogen and oxygen atoms in total. The van der Waals surface area contributed by atoms with Gasteiger partial charge in [0, 0.05) is 25.0 Å². The Morgan fingerprint density at radius 3 is 2.91 bits per heavy atom. The lowest BCUT2D eigenvalue weighted by Crippen LogP contribution is -2.46. The zero-order valence-electron chi connectivity index (χ0n) is 12.9. The van der Waals surface area contributed by atoms with Gasteiger partial charge < -0.3 is 15.5 Å². The van der Waals surface area contributed by atoms with Gasteiger partial charge in [-0.15, -0.1) is 0 Å². The van der Waals surface area contributed by atoms with E-state index in [1.807, 2.05) is 35.0 Å². The van der Waals surface area contributed by atoms with Gasteiger partial charge in [0.25, 0.3) is 0 Å². The molecule has 2 heterocycles. The highest BCUT2D eigenvalue weighted by atomic mass is 16.1. The molecule has 0 spiro atoms. The molecular weight excluding hydrogens is 276 g/mol. The molecule has 1 unspecified atom stereocenters. The molecule has 22 heavy (non-hydrogen) atoms. The maximum absolute atomic E-state index is 12.3. The van der Waals surface area contributed by atoms with E-state index < -0.39 is 0 Å². The van der Waals surface area contributed by atoms with Crippen LogP contribution in [0.2, 0.25) is 0 Å². The molecule has 1 amide bonds. The number of nitrogens with one attached hydrogen (secondary N) is 1. The largest absolute Gasteiger partial charge is 0.351 e. The van der Waals surface area contributed by atoms with Crippen molar-refractivity contribution in [1.82, 2.24) is 14.7 Å². The van der Waals surface area contributed by atoms with Gasteiger partial charge in [-0.25, -0.2) is 4.98 Å². The number of aromatic nitrogens is 2. The summed E-state index contributed by atoms with van der Waals surface area (Å²) in [6, 6.07) is 5.93. The number of carbonyl (C=O) groups is 1. The SMILES string of the molecule is NCC(NC(=O)Cc1cn2ccccc2n1)C1CCCCC1. The summed E-state index contributed by atoms with van der Waals surface area (Å²) in [7, 11) is 0. The van der Waals surface area contributed by atoms with Crippen LogP contribution in [0.5, 0.6) is 0 Å². The number of hydrogen-bond donors (Lipinski definition) is 2. The van der Waals surface area contributed by atoms with Crippen LogP contribution in [-0.2, 0) is 11.2 Å². The Labute approximate surface area is 130 Å². The van der Waals surface area contributed by atoms with Crippen molar-refractivity contribution in [2.45, 2.75) is 44.6 Å². The molecule has 0 bridgehead atoms. The van der Waals surface area contributed by atoms with Crippen molar-refractivity contribution in [3.05, 3.63) is 36.3 Å². The molecule has 0 aliphatic heterocycles. The fourth-order valence-corrected chi connectivity index (χ4v) is 3.40. The van der Waals surface area contributed by atoms with Crippen molar-refractivity contribution in [3.8, 4) is 0 Å². The van der Waals surface area contributed by atoms with Gasteiger partial charge >= 0.3 is 0 Å². The minimum Gasteiger partial charge on any atom is -0.351 e. The molecule has 0 aromatic carbocycles. The van der Waals surface area contributed by atoms with E-state index in [1.54, 1.807) is 0 Å². The molecule has 1 saturated carbocycles. The lowest BCUT2D eigenvalue weighted by molar-refractivity contribution is -0.121. The standard InChI is InChI=1S/C17H24N4O/c18-11-15(13-6-2-1-3-7-13)20-17(22)10-14-12-21-9-5-4-8-16(21)19-14/h4-5,8-9,12-13,15H,1-3,6-7,10-11,18H2,(H,20,22). The van der Waals surface area contributed by atoms with Crippen LogP contribution >= 0.6 is 0 Å². The summed E-state index contributed by atoms with van der Waals surface area (Å²) >= 11 is 0. The molecule has 5 heteroatoms. The van der Waals surface area contributed by atoms with Crippen LogP contribution in [0, 0.1) is 5.92 Å². The van der Waals surface area contributed by atoms with E-state index in [0.717, 1.165) is 11.3 Å². The number of rotatable bonds is 5. The Bertz CT molecular complexity index is 597. The van der Waals surface area contributed by atoms with Gasteiger partial charge in [-0.05, 0) is 30.9 Å². The lowest BCUT2D eigenvalue weighted by Gasteiger charge is -2.30. The summed E-state index contributed by atoms with van der Waals surface area (Å²) in [5.74, 6) is 0.549. The summed E-state index contributed by atoms with van der Waals surface area (Å²) < 4.78 is 1.93. The van der Waals surface area contributed by atoms with E-state index in [4.69, 9.17) is 5.73 Å². The predicted octanol–water partition coefficient (Wildman–Crippen LogP) is 1.90. The zero-order valence-corrected chi connectivity index (χ0v) is 12.9. The molecule has 118 valence electrons. The van der Waals surface area contributed by atoms with E-state index in [9.17, 15) is 4.79 Å². The summed E-state index contributed by atoms with van der Waals surface area (Å²) in [5, 5.41) is 3.12. The number of nitrogens with two attached hydrogens (primary N) is 1. The van der Waals surface area contributed by atoms with Crippen LogP contribution in [-0.4, -0.2) is 27.9 Å². The highest BCUT2D eigenvalue weighted by Gasteiger charge is 2.24. The number of amides is 1. The summed E-state index contributed by atoms with van der Waals surface area (Å²) in [4.78, 5) is 16.8. The van der Waals surface area contributed by atoms with Gasteiger partial charge in [0.1, 0.15) is 5.65 Å². The smallest absolute Gasteiger partial charge is 0.226 e. The molecule has 2 aromatic rings. The number of hydrogen-bond acceptors (Lipinski definition) is 3. The first-order valence-corrected chi connectivity index (χ1v) is 8.18. The van der Waals surface area contributed by atoms with Crippen LogP contribution in [0.25, 0.3) is 5.65 Å². The normalized spacial score (nSPS) is 17.5. The number of pyridine rings is 1. The Kier molecular flexibility index (Phi) is 4.73. The van der Waals surface area contributed by atoms with Crippen LogP contribution in [0.4, 0.5) is 0 Å². The topological polar surface area (TPSA) is 72.4 Å². The van der Waals surface area contributed by atoms with Gasteiger partial charge in [-0.2, -0.15) is 0 Å². The van der Waals surface area contributed by atoms with Crippen LogP contribution < -0.4 is 11.1 Å². The third kappa shape index (κ3) is 3.47. The summed E-state index contributed by atoms with van der Waals surface area (Å²) in [5.41, 5.74) is 7.54. The van der Waals surface area contributed by atoms with E-state index in [-0.39, 0.29) is 11.9 Å². The Balaban J connectivity index is 1.60. The summed E-state index contributed by atoms with van der Waals surface area (Å²) in [6.07, 6.45) is 10.3. The molecule has 1 atom stereocenters. The minimum absolute atomic E-state index is 0.0180. The monoisotopic (exact) mass is 300 g/mol. The Hall–Kier alpha value is -1.88. The average Bonchev–Trinajstić information content (AvgIpc) is 2.95. The highest BCUT2D eigenvalue weighted by molar-refractivity contribution is 5.78. The molecule has 0 radical (unpaired) electrons. The molecule has 3 rings (SSSR count). The van der Waals surface area contributed by atoms with Crippen LogP contribution in [0.3, 0.4) is 0 Å². The lowest BCUT2D eigenvalue weighted by atomic mass is 9.84. The van der Waals surface area contributed by atoms with Gasteiger partial charge in [0.05, 0.1) is 12.1 Å². The number of carbonyl (C=O) groups excluding carboxylic acids is 1. The van der Waals surface area contributed by atoms with E-state index >= 15 is 0 Å². The van der Waals surface area contributed by atoms with Gasteiger partial charge in [0.15, 0.2) is 0 Å². The van der Waals surface area contributed by atoms with Gasteiger partial charge in [-0.3, -0.25) is 4.79 Å². The second-order valence-electron chi connectivity index (χ2n) is 6.18. The molecule has 1 aliphatic carbocycles. The third-order valence-corrected chi connectivity index (χ3v) is 4.57. The van der Waals surface area contributed by atoms with Gasteiger partial charge in [0.2, 0.25) is 5.91 Å². The molecule has 1 aliphatic rings. The third-order valence-electron chi connectivity index (χ3n) is 4.57. The zero-order chi connectivity index (χ0) is 15.4. The number of imidazole rings is 1. The first kappa shape index (κ1) is 15.0. The molecule has 1 fully saturated rings. The summed E-state index contributed by atoms with van der Waals surface area (Å²) in [6.45, 7) is 0.515. The van der Waals surface area contributed by atoms with Crippen molar-refractivity contribution in [3.63, 3.8) is 0 Å². The predicted molar refractivity (Wildman–Crippen MR) is 86.5 cm³/mol. The van der Waals surface area contributed by atoms with Crippen molar-refractivity contribution >= 4 is 11.6 Å². The van der Waals surface area contributed by atoms with Crippen molar-refractivity contribution < 1.29 is 4.79 Å². The van der Waals surface area contributed by atoms with Crippen molar-refractivity contribution in [1.29, 1.82) is 0 Å². The number of fused-ring (bicyclic) bond motifs is 1. The molecule has 2 aromatic heterocycles. The fourth-order valence-electron chi connectivity index (χ4n) is 3.40. The van der Waals surface area contributed by atoms with E-state index in [0.29, 0.717) is 18.9 Å². The number of nitrogens with zero attached hydrogens (tertiary/aromatic N) is 2. The fraction of sp³-hybridized carbons (Fsp3) is 0.529. The second kappa shape index (κ2) is 6.92. The quantitative estimate of drug-likeness (QED) is 0.886. The Morgan fingerprint density at radius 1 is 1.36 bits per heavy atom. The molecule has 3 N–H and O–H groups in total. The first-order valence-electron chi connectivity index (χ1n) is 8.18. The average molecular weight is 300 g/mol. The minimum atomic E-state index is 0.0180. The highest BCUT2D eigenvalue weighted by Crippen LogP contribution is 2.26. The van der Waals surface area contributed by atoms with Crippen LogP contribution in [0.1, 0.15) is 37.8 Å². The maximum Gasteiger partial charge on any atom is 0.226 e. The first-order chi connectivity index (χ1) is 10.8. The molecule has 0 saturated heterocycles. The second-order valence-corrected chi connectivity index (χ2v) is 6.18. The van der Waals surface area contributed by atoms with Crippen molar-refractivity contribution in [2.24, 2.45) is 11.7 Å². The van der Waals surface area contributed by atoms with Gasteiger partial charge in [-0.1, -0.05) is 25.3 Å². The van der Waals surface area contributed by atoms with Crippen LogP contribution in [0.15, 0.2) is 30.6 Å². The molecular formula is C17H24N4O. The van der Waals surface area contributed by atoms with Crippen molar-refractivity contribution in [2.75, 3.05) is 6.54 Å².